The minimum Gasteiger partial charge on any atom is -0.383 e. The van der Waals surface area contributed by atoms with E-state index >= 15 is 0 Å². The number of rotatable bonds is 8. The number of hydrogen-bond donors (Lipinski definition) is 2. The van der Waals surface area contributed by atoms with Crippen LogP contribution in [0.1, 0.15) is 6.42 Å². The summed E-state index contributed by atoms with van der Waals surface area (Å²) in [6.07, 6.45) is 5.05. The molecule has 0 unspecified atom stereocenters. The average Bonchev–Trinajstić information content (AvgIpc) is 3.14. The van der Waals surface area contributed by atoms with Crippen LogP contribution >= 0.6 is 0 Å². The van der Waals surface area contributed by atoms with E-state index in [9.17, 15) is 4.79 Å². The van der Waals surface area contributed by atoms with Crippen LogP contribution in [0, 0.1) is 11.3 Å². The van der Waals surface area contributed by atoms with Gasteiger partial charge in [0.15, 0.2) is 0 Å². The zero-order valence-electron chi connectivity index (χ0n) is 15.3. The Hall–Kier alpha value is -3.77. The first kappa shape index (κ1) is 19.0. The van der Waals surface area contributed by atoms with Gasteiger partial charge in [0.25, 0.3) is 0 Å². The van der Waals surface area contributed by atoms with Crippen LogP contribution in [0.2, 0.25) is 0 Å². The highest BCUT2D eigenvalue weighted by atomic mass is 16.5. The summed E-state index contributed by atoms with van der Waals surface area (Å²) in [7, 11) is 1.65. The van der Waals surface area contributed by atoms with Crippen molar-refractivity contribution in [3.63, 3.8) is 0 Å². The normalized spacial score (nSPS) is 10.3. The van der Waals surface area contributed by atoms with E-state index in [4.69, 9.17) is 10.00 Å². The highest BCUT2D eigenvalue weighted by Gasteiger charge is 2.06. The molecule has 2 N–H and O–H groups in total. The number of benzene rings is 1. The fraction of sp³-hybridized carbons (Fsp3) is 0.211. The van der Waals surface area contributed by atoms with Gasteiger partial charge in [-0.1, -0.05) is 12.1 Å². The summed E-state index contributed by atoms with van der Waals surface area (Å²) in [5.74, 6) is 0.116. The maximum atomic E-state index is 11.5. The highest BCUT2D eigenvalue weighted by molar-refractivity contribution is 5.92. The van der Waals surface area contributed by atoms with E-state index in [2.05, 4.69) is 25.7 Å². The smallest absolute Gasteiger partial charge is 0.238 e. The molecule has 3 aromatic rings. The van der Waals surface area contributed by atoms with Gasteiger partial charge >= 0.3 is 0 Å². The Balaban J connectivity index is 1.68. The predicted molar refractivity (Wildman–Crippen MR) is 104 cm³/mol. The van der Waals surface area contributed by atoms with Crippen molar-refractivity contribution in [2.75, 3.05) is 24.4 Å². The molecule has 0 bridgehead atoms. The quantitative estimate of drug-likeness (QED) is 0.619. The molecular weight excluding hydrogens is 358 g/mol. The third kappa shape index (κ3) is 5.12. The van der Waals surface area contributed by atoms with Gasteiger partial charge < -0.3 is 15.4 Å². The third-order valence-electron chi connectivity index (χ3n) is 3.77. The molecular formula is C19H19N7O2. The van der Waals surface area contributed by atoms with Crippen LogP contribution in [0.5, 0.6) is 0 Å². The zero-order valence-corrected chi connectivity index (χ0v) is 15.3. The Bertz CT molecular complexity index is 976. The van der Waals surface area contributed by atoms with Crippen LogP contribution in [-0.2, 0) is 16.1 Å². The molecule has 2 heterocycles. The lowest BCUT2D eigenvalue weighted by molar-refractivity contribution is -0.115. The molecule has 142 valence electrons. The molecule has 0 spiro atoms. The van der Waals surface area contributed by atoms with E-state index in [-0.39, 0.29) is 12.3 Å². The molecule has 0 atom stereocenters. The van der Waals surface area contributed by atoms with E-state index in [1.54, 1.807) is 42.4 Å². The fourth-order valence-electron chi connectivity index (χ4n) is 2.45. The average molecular weight is 377 g/mol. The number of aromatic nitrogens is 4. The van der Waals surface area contributed by atoms with Crippen molar-refractivity contribution in [3.8, 4) is 17.3 Å². The van der Waals surface area contributed by atoms with Crippen LogP contribution in [0.25, 0.3) is 11.3 Å². The van der Waals surface area contributed by atoms with E-state index in [0.717, 1.165) is 16.9 Å². The van der Waals surface area contributed by atoms with E-state index in [1.165, 1.54) is 0 Å². The topological polar surface area (TPSA) is 118 Å². The second-order valence-corrected chi connectivity index (χ2v) is 5.84. The number of ether oxygens (including phenoxy) is 1. The van der Waals surface area contributed by atoms with E-state index < -0.39 is 0 Å². The molecule has 0 aliphatic heterocycles. The largest absolute Gasteiger partial charge is 0.383 e. The van der Waals surface area contributed by atoms with Crippen LogP contribution in [-0.4, -0.2) is 39.4 Å². The Kier molecular flexibility index (Phi) is 6.28. The standard InChI is InChI=1S/C19H19N7O2/c1-28-11-10-26-13-16(12-22-26)24-19-21-9-7-17(25-19)14-2-4-15(5-3-14)23-18(27)6-8-20/h2-5,7,9,12-13H,6,10-11H2,1H3,(H,23,27)(H,21,24,25). The Morgan fingerprint density at radius 1 is 1.25 bits per heavy atom. The first-order valence-electron chi connectivity index (χ1n) is 8.56. The van der Waals surface area contributed by atoms with Gasteiger partial charge in [0.1, 0.15) is 6.42 Å². The lowest BCUT2D eigenvalue weighted by Crippen LogP contribution is -2.09. The molecule has 3 rings (SSSR count). The Morgan fingerprint density at radius 3 is 2.82 bits per heavy atom. The SMILES string of the molecule is COCCn1cc(Nc2nccc(-c3ccc(NC(=O)CC#N)cc3)n2)cn1. The minimum absolute atomic E-state index is 0.176. The van der Waals surface area contributed by atoms with E-state index in [1.807, 2.05) is 24.4 Å². The molecule has 0 fully saturated rings. The molecule has 28 heavy (non-hydrogen) atoms. The van der Waals surface area contributed by atoms with Gasteiger partial charge in [-0.05, 0) is 18.2 Å². The van der Waals surface area contributed by atoms with Gasteiger partial charge in [0.05, 0.1) is 36.8 Å². The van der Waals surface area contributed by atoms with Gasteiger partial charge in [-0.15, -0.1) is 0 Å². The van der Waals surface area contributed by atoms with Gasteiger partial charge in [-0.3, -0.25) is 9.48 Å². The number of nitrogens with zero attached hydrogens (tertiary/aromatic N) is 5. The second-order valence-electron chi connectivity index (χ2n) is 5.84. The molecule has 0 saturated carbocycles. The van der Waals surface area contributed by atoms with Crippen LogP contribution < -0.4 is 10.6 Å². The summed E-state index contributed by atoms with van der Waals surface area (Å²) in [5, 5.41) is 18.6. The highest BCUT2D eigenvalue weighted by Crippen LogP contribution is 2.21. The number of carbonyl (C=O) groups is 1. The number of carbonyl (C=O) groups excluding carboxylic acids is 1. The predicted octanol–water partition coefficient (Wildman–Crippen LogP) is 2.58. The molecule has 0 aliphatic rings. The zero-order chi connectivity index (χ0) is 19.8. The second kappa shape index (κ2) is 9.25. The van der Waals surface area contributed by atoms with Crippen molar-refractivity contribution in [2.45, 2.75) is 13.0 Å². The molecule has 1 amide bonds. The first-order valence-corrected chi connectivity index (χ1v) is 8.56. The monoisotopic (exact) mass is 377 g/mol. The van der Waals surface area contributed by atoms with Crippen molar-refractivity contribution in [2.24, 2.45) is 0 Å². The molecule has 9 nitrogen and oxygen atoms in total. The first-order chi connectivity index (χ1) is 13.7. The maximum absolute atomic E-state index is 11.5. The minimum atomic E-state index is -0.338. The number of nitrogens with one attached hydrogen (secondary N) is 2. The molecule has 9 heteroatoms. The summed E-state index contributed by atoms with van der Waals surface area (Å²) in [6.45, 7) is 1.25. The molecule has 0 saturated heterocycles. The lowest BCUT2D eigenvalue weighted by Gasteiger charge is -2.07. The molecule has 1 aromatic carbocycles. The summed E-state index contributed by atoms with van der Waals surface area (Å²) in [4.78, 5) is 20.2. The summed E-state index contributed by atoms with van der Waals surface area (Å²) in [5.41, 5.74) is 3.02. The Morgan fingerprint density at radius 2 is 2.07 bits per heavy atom. The maximum Gasteiger partial charge on any atom is 0.238 e. The van der Waals surface area contributed by atoms with Crippen molar-refractivity contribution in [1.29, 1.82) is 5.26 Å². The van der Waals surface area contributed by atoms with Gasteiger partial charge in [-0.2, -0.15) is 10.4 Å². The lowest BCUT2D eigenvalue weighted by atomic mass is 10.1. The van der Waals surface area contributed by atoms with Crippen LogP contribution in [0.15, 0.2) is 48.9 Å². The summed E-state index contributed by atoms with van der Waals surface area (Å²) < 4.78 is 6.81. The Labute approximate surface area is 162 Å². The number of hydrogen-bond acceptors (Lipinski definition) is 7. The van der Waals surface area contributed by atoms with Gasteiger partial charge in [-0.25, -0.2) is 9.97 Å². The van der Waals surface area contributed by atoms with Crippen LogP contribution in [0.3, 0.4) is 0 Å². The number of nitriles is 1. The van der Waals surface area contributed by atoms with Crippen molar-refractivity contribution in [1.82, 2.24) is 19.7 Å². The molecule has 0 radical (unpaired) electrons. The molecule has 0 aliphatic carbocycles. The molecule has 2 aromatic heterocycles. The fourth-order valence-corrected chi connectivity index (χ4v) is 2.45. The summed E-state index contributed by atoms with van der Waals surface area (Å²) >= 11 is 0. The van der Waals surface area contributed by atoms with Crippen molar-refractivity contribution < 1.29 is 9.53 Å². The summed E-state index contributed by atoms with van der Waals surface area (Å²) in [6, 6.07) is 10.8. The van der Waals surface area contributed by atoms with Crippen LogP contribution in [0.4, 0.5) is 17.3 Å². The number of anilines is 3. The van der Waals surface area contributed by atoms with Gasteiger partial charge in [0.2, 0.25) is 11.9 Å². The van der Waals surface area contributed by atoms with Gasteiger partial charge in [0, 0.05) is 30.8 Å². The number of amides is 1. The number of methoxy groups -OCH3 is 1. The third-order valence-corrected chi connectivity index (χ3v) is 3.77. The van der Waals surface area contributed by atoms with Crippen molar-refractivity contribution in [3.05, 3.63) is 48.9 Å². The van der Waals surface area contributed by atoms with E-state index in [0.29, 0.717) is 24.8 Å². The van der Waals surface area contributed by atoms with Crippen molar-refractivity contribution >= 4 is 23.2 Å².